The molecule has 0 bridgehead atoms. The fourth-order valence-electron chi connectivity index (χ4n) is 2.54. The number of carbonyl (C=O) groups is 1. The third-order valence-corrected chi connectivity index (χ3v) is 3.53. The first-order valence-corrected chi connectivity index (χ1v) is 6.60. The van der Waals surface area contributed by atoms with E-state index < -0.39 is 11.8 Å². The number of aliphatic hydroxyl groups is 1. The normalized spacial score (nSPS) is 11.0. The topological polar surface area (TPSA) is 79.5 Å². The molecule has 0 aliphatic carbocycles. The molecule has 5 nitrogen and oxygen atoms in total. The second kappa shape index (κ2) is 6.05. The number of benzene rings is 1. The van der Waals surface area contributed by atoms with Gasteiger partial charge in [-0.2, -0.15) is 0 Å². The van der Waals surface area contributed by atoms with E-state index in [1.807, 2.05) is 0 Å². The molecular formula is C15H16FNO4. The fourth-order valence-corrected chi connectivity index (χ4v) is 2.54. The molecule has 0 fully saturated rings. The van der Waals surface area contributed by atoms with Gasteiger partial charge in [0.2, 0.25) is 0 Å². The SMILES string of the molecule is Cc1c(CCC(=O)O)c(=O)c2cccc(F)c2n1CCO. The Labute approximate surface area is 120 Å². The van der Waals surface area contributed by atoms with Crippen LogP contribution in [0.2, 0.25) is 0 Å². The van der Waals surface area contributed by atoms with Crippen molar-refractivity contribution in [1.82, 2.24) is 4.57 Å². The minimum atomic E-state index is -0.998. The number of hydrogen-bond donors (Lipinski definition) is 2. The molecule has 112 valence electrons. The number of pyridine rings is 1. The van der Waals surface area contributed by atoms with Crippen LogP contribution in [-0.2, 0) is 17.8 Å². The maximum Gasteiger partial charge on any atom is 0.303 e. The molecule has 1 heterocycles. The Morgan fingerprint density at radius 1 is 1.38 bits per heavy atom. The van der Waals surface area contributed by atoms with E-state index in [-0.39, 0.29) is 42.3 Å². The Balaban J connectivity index is 2.76. The average molecular weight is 293 g/mol. The molecule has 6 heteroatoms. The summed E-state index contributed by atoms with van der Waals surface area (Å²) in [6, 6.07) is 4.21. The van der Waals surface area contributed by atoms with Crippen molar-refractivity contribution in [3.05, 3.63) is 45.5 Å². The monoisotopic (exact) mass is 293 g/mol. The van der Waals surface area contributed by atoms with Crippen LogP contribution in [-0.4, -0.2) is 27.4 Å². The van der Waals surface area contributed by atoms with Crippen LogP contribution < -0.4 is 5.43 Å². The number of carboxylic acid groups (broad SMARTS) is 1. The summed E-state index contributed by atoms with van der Waals surface area (Å²) in [6.45, 7) is 1.58. The van der Waals surface area contributed by atoms with E-state index >= 15 is 0 Å². The maximum atomic E-state index is 14.0. The molecule has 0 aliphatic heterocycles. The average Bonchev–Trinajstić information content (AvgIpc) is 2.43. The number of nitrogens with zero attached hydrogens (tertiary/aromatic N) is 1. The van der Waals surface area contributed by atoms with Crippen LogP contribution in [0.1, 0.15) is 17.7 Å². The molecule has 0 saturated heterocycles. The van der Waals surface area contributed by atoms with E-state index in [2.05, 4.69) is 0 Å². The third-order valence-electron chi connectivity index (χ3n) is 3.53. The number of para-hydroxylation sites is 1. The van der Waals surface area contributed by atoms with Crippen molar-refractivity contribution >= 4 is 16.9 Å². The highest BCUT2D eigenvalue weighted by atomic mass is 19.1. The lowest BCUT2D eigenvalue weighted by atomic mass is 10.0. The van der Waals surface area contributed by atoms with Gasteiger partial charge in [0.15, 0.2) is 5.43 Å². The number of aromatic nitrogens is 1. The van der Waals surface area contributed by atoms with E-state index in [0.717, 1.165) is 0 Å². The summed E-state index contributed by atoms with van der Waals surface area (Å²) < 4.78 is 15.6. The Kier molecular flexibility index (Phi) is 4.37. The summed E-state index contributed by atoms with van der Waals surface area (Å²) >= 11 is 0. The Hall–Kier alpha value is -2.21. The number of fused-ring (bicyclic) bond motifs is 1. The molecule has 2 N–H and O–H groups in total. The molecule has 1 aromatic heterocycles. The minimum Gasteiger partial charge on any atom is -0.481 e. The minimum absolute atomic E-state index is 0.0812. The molecule has 0 saturated carbocycles. The van der Waals surface area contributed by atoms with Crippen molar-refractivity contribution < 1.29 is 19.4 Å². The number of aliphatic carboxylic acids is 1. The van der Waals surface area contributed by atoms with Crippen molar-refractivity contribution in [3.63, 3.8) is 0 Å². The molecule has 0 radical (unpaired) electrons. The molecule has 0 atom stereocenters. The Morgan fingerprint density at radius 2 is 2.10 bits per heavy atom. The van der Waals surface area contributed by atoms with Crippen molar-refractivity contribution in [1.29, 1.82) is 0 Å². The molecule has 1 aromatic carbocycles. The lowest BCUT2D eigenvalue weighted by molar-refractivity contribution is -0.136. The summed E-state index contributed by atoms with van der Waals surface area (Å²) in [5.74, 6) is -1.53. The van der Waals surface area contributed by atoms with Gasteiger partial charge in [0.1, 0.15) is 5.82 Å². The zero-order valence-corrected chi connectivity index (χ0v) is 11.6. The number of aliphatic hydroxyl groups excluding tert-OH is 1. The van der Waals surface area contributed by atoms with Gasteiger partial charge in [0.25, 0.3) is 0 Å². The van der Waals surface area contributed by atoms with Crippen LogP contribution in [0.5, 0.6) is 0 Å². The van der Waals surface area contributed by atoms with Gasteiger partial charge in [0.05, 0.1) is 12.1 Å². The Bertz CT molecular complexity index is 751. The first-order valence-electron chi connectivity index (χ1n) is 6.60. The molecule has 0 spiro atoms. The standard InChI is InChI=1S/C15H16FNO4/c1-9-10(5-6-13(19)20)15(21)11-3-2-4-12(16)14(11)17(9)7-8-18/h2-4,18H,5-8H2,1H3,(H,19,20). The molecule has 0 amide bonds. The summed E-state index contributed by atoms with van der Waals surface area (Å²) in [5.41, 5.74) is 0.641. The van der Waals surface area contributed by atoms with E-state index in [4.69, 9.17) is 10.2 Å². The number of halogens is 1. The summed E-state index contributed by atoms with van der Waals surface area (Å²) in [6.07, 6.45) is -0.0894. The third kappa shape index (κ3) is 2.80. The van der Waals surface area contributed by atoms with Gasteiger partial charge in [-0.1, -0.05) is 6.07 Å². The second-order valence-electron chi connectivity index (χ2n) is 4.80. The van der Waals surface area contributed by atoms with E-state index in [0.29, 0.717) is 11.3 Å². The lowest BCUT2D eigenvalue weighted by Gasteiger charge is -2.17. The molecule has 0 unspecified atom stereocenters. The highest BCUT2D eigenvalue weighted by Crippen LogP contribution is 2.20. The largest absolute Gasteiger partial charge is 0.481 e. The molecule has 21 heavy (non-hydrogen) atoms. The van der Waals surface area contributed by atoms with Gasteiger partial charge in [-0.3, -0.25) is 9.59 Å². The Morgan fingerprint density at radius 3 is 2.71 bits per heavy atom. The first kappa shape index (κ1) is 15.2. The highest BCUT2D eigenvalue weighted by molar-refractivity contribution is 5.81. The van der Waals surface area contributed by atoms with Gasteiger partial charge in [-0.05, 0) is 25.5 Å². The second-order valence-corrected chi connectivity index (χ2v) is 4.80. The van der Waals surface area contributed by atoms with Gasteiger partial charge in [0, 0.05) is 29.6 Å². The molecular weight excluding hydrogens is 277 g/mol. The number of hydrogen-bond acceptors (Lipinski definition) is 3. The zero-order chi connectivity index (χ0) is 15.6. The maximum absolute atomic E-state index is 14.0. The van der Waals surface area contributed by atoms with Crippen LogP contribution in [0.3, 0.4) is 0 Å². The highest BCUT2D eigenvalue weighted by Gasteiger charge is 2.17. The predicted octanol–water partition coefficient (Wildman–Crippen LogP) is 1.46. The van der Waals surface area contributed by atoms with Gasteiger partial charge in [-0.25, -0.2) is 4.39 Å². The molecule has 0 aliphatic rings. The van der Waals surface area contributed by atoms with Crippen LogP contribution >= 0.6 is 0 Å². The van der Waals surface area contributed by atoms with Crippen molar-refractivity contribution in [2.75, 3.05) is 6.61 Å². The van der Waals surface area contributed by atoms with Crippen LogP contribution in [0.15, 0.2) is 23.0 Å². The smallest absolute Gasteiger partial charge is 0.303 e. The van der Waals surface area contributed by atoms with Gasteiger partial charge < -0.3 is 14.8 Å². The number of rotatable bonds is 5. The summed E-state index contributed by atoms with van der Waals surface area (Å²) in [5, 5.41) is 18.1. The molecule has 2 aromatic rings. The van der Waals surface area contributed by atoms with E-state index in [1.54, 1.807) is 6.92 Å². The predicted molar refractivity (Wildman–Crippen MR) is 75.9 cm³/mol. The summed E-state index contributed by atoms with van der Waals surface area (Å²) in [7, 11) is 0. The lowest BCUT2D eigenvalue weighted by Crippen LogP contribution is -2.21. The van der Waals surface area contributed by atoms with Crippen LogP contribution in [0.25, 0.3) is 10.9 Å². The first-order chi connectivity index (χ1) is 9.97. The van der Waals surface area contributed by atoms with Gasteiger partial charge in [-0.15, -0.1) is 0 Å². The number of carboxylic acids is 1. The van der Waals surface area contributed by atoms with Crippen molar-refractivity contribution in [2.24, 2.45) is 0 Å². The van der Waals surface area contributed by atoms with Gasteiger partial charge >= 0.3 is 5.97 Å². The molecule has 2 rings (SSSR count). The van der Waals surface area contributed by atoms with Crippen molar-refractivity contribution in [2.45, 2.75) is 26.3 Å². The zero-order valence-electron chi connectivity index (χ0n) is 11.6. The van der Waals surface area contributed by atoms with E-state index in [1.165, 1.54) is 22.8 Å². The summed E-state index contributed by atoms with van der Waals surface area (Å²) in [4.78, 5) is 23.1. The van der Waals surface area contributed by atoms with Crippen LogP contribution in [0, 0.1) is 12.7 Å². The quantitative estimate of drug-likeness (QED) is 0.874. The van der Waals surface area contributed by atoms with E-state index in [9.17, 15) is 14.0 Å². The van der Waals surface area contributed by atoms with Crippen LogP contribution in [0.4, 0.5) is 4.39 Å². The fraction of sp³-hybridized carbons (Fsp3) is 0.333. The van der Waals surface area contributed by atoms with Crippen molar-refractivity contribution in [3.8, 4) is 0 Å².